The van der Waals surface area contributed by atoms with Crippen molar-refractivity contribution in [3.05, 3.63) is 53.6 Å². The molecule has 0 saturated heterocycles. The van der Waals surface area contributed by atoms with Crippen molar-refractivity contribution < 1.29 is 9.53 Å². The second-order valence-corrected chi connectivity index (χ2v) is 5.96. The Labute approximate surface area is 149 Å². The van der Waals surface area contributed by atoms with Crippen molar-refractivity contribution in [2.24, 2.45) is 11.7 Å². The van der Waals surface area contributed by atoms with E-state index in [1.165, 1.54) is 0 Å². The summed E-state index contributed by atoms with van der Waals surface area (Å²) in [5, 5.41) is 2.91. The van der Waals surface area contributed by atoms with Gasteiger partial charge in [-0.15, -0.1) is 12.4 Å². The first-order chi connectivity index (χ1) is 10.9. The summed E-state index contributed by atoms with van der Waals surface area (Å²) in [5.41, 5.74) is 8.55. The summed E-state index contributed by atoms with van der Waals surface area (Å²) >= 11 is 0. The second-order valence-electron chi connectivity index (χ2n) is 5.96. The van der Waals surface area contributed by atoms with Crippen LogP contribution in [-0.2, 0) is 4.79 Å². The van der Waals surface area contributed by atoms with Crippen LogP contribution >= 0.6 is 12.4 Å². The number of carbonyl (C=O) groups excluding carboxylic acids is 1. The molecule has 1 amide bonds. The molecule has 0 spiro atoms. The van der Waals surface area contributed by atoms with Gasteiger partial charge in [0.2, 0.25) is 5.91 Å². The number of ether oxygens (including phenoxy) is 1. The molecule has 0 saturated carbocycles. The molecule has 0 aliphatic carbocycles. The Bertz CT molecular complexity index is 681. The Balaban J connectivity index is 0.00000288. The van der Waals surface area contributed by atoms with Gasteiger partial charge in [0.15, 0.2) is 5.75 Å². The number of rotatable bonds is 5. The molecule has 0 heterocycles. The van der Waals surface area contributed by atoms with Crippen LogP contribution < -0.4 is 15.8 Å². The van der Waals surface area contributed by atoms with E-state index in [1.54, 1.807) is 0 Å². The van der Waals surface area contributed by atoms with Crippen molar-refractivity contribution in [1.29, 1.82) is 0 Å². The van der Waals surface area contributed by atoms with E-state index in [9.17, 15) is 4.79 Å². The fourth-order valence-electron chi connectivity index (χ4n) is 2.21. The molecule has 0 fully saturated rings. The summed E-state index contributed by atoms with van der Waals surface area (Å²) in [4.78, 5) is 12.2. The third kappa shape index (κ3) is 4.73. The number of halogens is 1. The number of hydrogen-bond acceptors (Lipinski definition) is 3. The van der Waals surface area contributed by atoms with Crippen LogP contribution in [0.15, 0.2) is 42.5 Å². The molecule has 130 valence electrons. The normalized spacial score (nSPS) is 12.7. The van der Waals surface area contributed by atoms with Gasteiger partial charge in [-0.3, -0.25) is 4.79 Å². The molecule has 2 unspecified atom stereocenters. The van der Waals surface area contributed by atoms with E-state index in [-0.39, 0.29) is 30.3 Å². The van der Waals surface area contributed by atoms with E-state index in [2.05, 4.69) is 5.32 Å². The van der Waals surface area contributed by atoms with Crippen LogP contribution in [0.3, 0.4) is 0 Å². The molecular formula is C19H25ClN2O2. The van der Waals surface area contributed by atoms with Gasteiger partial charge < -0.3 is 15.8 Å². The molecule has 5 heteroatoms. The number of para-hydroxylation sites is 3. The summed E-state index contributed by atoms with van der Waals surface area (Å²) in [6, 6.07) is 13.2. The van der Waals surface area contributed by atoms with E-state index in [0.29, 0.717) is 11.4 Å². The summed E-state index contributed by atoms with van der Waals surface area (Å²) in [7, 11) is 0. The lowest BCUT2D eigenvalue weighted by molar-refractivity contribution is -0.119. The van der Waals surface area contributed by atoms with Gasteiger partial charge in [-0.05, 0) is 44.0 Å². The van der Waals surface area contributed by atoms with Crippen molar-refractivity contribution in [2.75, 3.05) is 5.32 Å². The lowest BCUT2D eigenvalue weighted by Crippen LogP contribution is -2.34. The quantitative estimate of drug-likeness (QED) is 0.839. The van der Waals surface area contributed by atoms with Crippen molar-refractivity contribution in [1.82, 2.24) is 0 Å². The summed E-state index contributed by atoms with van der Waals surface area (Å²) < 4.78 is 6.07. The monoisotopic (exact) mass is 348 g/mol. The zero-order valence-electron chi connectivity index (χ0n) is 14.5. The first-order valence-corrected chi connectivity index (χ1v) is 7.79. The van der Waals surface area contributed by atoms with Crippen molar-refractivity contribution in [3.8, 4) is 11.5 Å². The van der Waals surface area contributed by atoms with E-state index in [1.807, 2.05) is 70.2 Å². The molecule has 2 aromatic rings. The molecule has 4 nitrogen and oxygen atoms in total. The third-order valence-corrected chi connectivity index (χ3v) is 3.97. The number of amides is 1. The fourth-order valence-corrected chi connectivity index (χ4v) is 2.21. The predicted molar refractivity (Wildman–Crippen MR) is 101 cm³/mol. The van der Waals surface area contributed by atoms with Crippen molar-refractivity contribution >= 4 is 24.0 Å². The first kappa shape index (κ1) is 20.0. The predicted octanol–water partition coefficient (Wildman–Crippen LogP) is 4.44. The van der Waals surface area contributed by atoms with Gasteiger partial charge in [-0.2, -0.15) is 0 Å². The maximum atomic E-state index is 12.2. The van der Waals surface area contributed by atoms with Gasteiger partial charge in [0.1, 0.15) is 5.75 Å². The Hall–Kier alpha value is -2.04. The largest absolute Gasteiger partial charge is 0.455 e. The van der Waals surface area contributed by atoms with Crippen LogP contribution in [0.5, 0.6) is 11.5 Å². The number of carbonyl (C=O) groups is 1. The Morgan fingerprint density at radius 1 is 1.04 bits per heavy atom. The van der Waals surface area contributed by atoms with Crippen LogP contribution in [0.25, 0.3) is 0 Å². The minimum absolute atomic E-state index is 0. The number of aryl methyl sites for hydroxylation is 2. The number of nitrogens with one attached hydrogen (secondary N) is 1. The van der Waals surface area contributed by atoms with Gasteiger partial charge in [0.25, 0.3) is 0 Å². The highest BCUT2D eigenvalue weighted by molar-refractivity contribution is 5.94. The SMILES string of the molecule is Cc1cccc(C)c1Oc1ccccc1NC(=O)C(C)C(C)N.Cl. The van der Waals surface area contributed by atoms with E-state index in [4.69, 9.17) is 10.5 Å². The minimum Gasteiger partial charge on any atom is -0.455 e. The Kier molecular flexibility index (Phi) is 7.26. The fraction of sp³-hybridized carbons (Fsp3) is 0.316. The average molecular weight is 349 g/mol. The Morgan fingerprint density at radius 3 is 2.21 bits per heavy atom. The molecule has 0 aliphatic heterocycles. The van der Waals surface area contributed by atoms with E-state index in [0.717, 1.165) is 16.9 Å². The van der Waals surface area contributed by atoms with Gasteiger partial charge in [0.05, 0.1) is 11.6 Å². The van der Waals surface area contributed by atoms with Crippen LogP contribution in [0.1, 0.15) is 25.0 Å². The highest BCUT2D eigenvalue weighted by Gasteiger charge is 2.18. The molecule has 3 N–H and O–H groups in total. The van der Waals surface area contributed by atoms with Gasteiger partial charge >= 0.3 is 0 Å². The molecule has 2 aromatic carbocycles. The van der Waals surface area contributed by atoms with Crippen molar-refractivity contribution in [2.45, 2.75) is 33.7 Å². The first-order valence-electron chi connectivity index (χ1n) is 7.79. The molecule has 24 heavy (non-hydrogen) atoms. The maximum absolute atomic E-state index is 12.2. The van der Waals surface area contributed by atoms with Crippen LogP contribution in [0.2, 0.25) is 0 Å². The van der Waals surface area contributed by atoms with Gasteiger partial charge in [-0.1, -0.05) is 37.3 Å². The van der Waals surface area contributed by atoms with Crippen molar-refractivity contribution in [3.63, 3.8) is 0 Å². The molecule has 0 bridgehead atoms. The molecule has 0 radical (unpaired) electrons. The molecular weight excluding hydrogens is 324 g/mol. The van der Waals surface area contributed by atoms with Gasteiger partial charge in [-0.25, -0.2) is 0 Å². The lowest BCUT2D eigenvalue weighted by Gasteiger charge is -2.18. The third-order valence-electron chi connectivity index (χ3n) is 3.97. The topological polar surface area (TPSA) is 64.3 Å². The molecule has 0 aliphatic rings. The molecule has 0 aromatic heterocycles. The summed E-state index contributed by atoms with van der Waals surface area (Å²) in [6.07, 6.45) is 0. The number of benzene rings is 2. The molecule has 2 rings (SSSR count). The second kappa shape index (κ2) is 8.71. The number of hydrogen-bond donors (Lipinski definition) is 2. The summed E-state index contributed by atoms with van der Waals surface area (Å²) in [6.45, 7) is 7.64. The number of nitrogens with two attached hydrogens (primary N) is 1. The highest BCUT2D eigenvalue weighted by atomic mass is 35.5. The van der Waals surface area contributed by atoms with Crippen LogP contribution in [0, 0.1) is 19.8 Å². The zero-order chi connectivity index (χ0) is 17.0. The Morgan fingerprint density at radius 2 is 1.62 bits per heavy atom. The number of anilines is 1. The standard InChI is InChI=1S/C19H24N2O2.ClH/c1-12-8-7-9-13(2)18(12)23-17-11-6-5-10-16(17)21-19(22)14(3)15(4)20;/h5-11,14-15H,20H2,1-4H3,(H,21,22);1H. The zero-order valence-corrected chi connectivity index (χ0v) is 15.3. The molecule has 2 atom stereocenters. The maximum Gasteiger partial charge on any atom is 0.228 e. The smallest absolute Gasteiger partial charge is 0.228 e. The highest BCUT2D eigenvalue weighted by Crippen LogP contribution is 2.33. The van der Waals surface area contributed by atoms with E-state index < -0.39 is 0 Å². The lowest BCUT2D eigenvalue weighted by atomic mass is 10.0. The van der Waals surface area contributed by atoms with Crippen LogP contribution in [-0.4, -0.2) is 11.9 Å². The van der Waals surface area contributed by atoms with Gasteiger partial charge in [0, 0.05) is 6.04 Å². The van der Waals surface area contributed by atoms with Crippen LogP contribution in [0.4, 0.5) is 5.69 Å². The average Bonchev–Trinajstić information content (AvgIpc) is 2.51. The van der Waals surface area contributed by atoms with E-state index >= 15 is 0 Å². The minimum atomic E-state index is -0.275. The summed E-state index contributed by atoms with van der Waals surface area (Å²) in [5.74, 6) is 1.05.